The SMILES string of the molecule is COc1cc2c(c(C#N)c1OC)CCNCC2c1ccccc1. The number of hydrogen-bond acceptors (Lipinski definition) is 4. The van der Waals surface area contributed by atoms with Gasteiger partial charge in [0.15, 0.2) is 11.5 Å². The third-order valence-electron chi connectivity index (χ3n) is 4.40. The van der Waals surface area contributed by atoms with Gasteiger partial charge < -0.3 is 14.8 Å². The summed E-state index contributed by atoms with van der Waals surface area (Å²) < 4.78 is 10.9. The van der Waals surface area contributed by atoms with Gasteiger partial charge in [0.05, 0.1) is 14.2 Å². The molecule has 4 nitrogen and oxygen atoms in total. The zero-order valence-electron chi connectivity index (χ0n) is 13.4. The summed E-state index contributed by atoms with van der Waals surface area (Å²) in [6.45, 7) is 1.69. The van der Waals surface area contributed by atoms with Gasteiger partial charge in [0.2, 0.25) is 0 Å². The standard InChI is InChI=1S/C19H20N2O2/c1-22-18-10-15-14(16(11-20)19(18)23-2)8-9-21-12-17(15)13-6-4-3-5-7-13/h3-7,10,17,21H,8-9,12H2,1-2H3. The molecule has 1 atom stereocenters. The molecule has 0 saturated carbocycles. The lowest BCUT2D eigenvalue weighted by Gasteiger charge is -2.21. The van der Waals surface area contributed by atoms with E-state index in [9.17, 15) is 5.26 Å². The number of methoxy groups -OCH3 is 2. The average Bonchev–Trinajstić information content (AvgIpc) is 2.82. The molecule has 0 radical (unpaired) electrons. The minimum Gasteiger partial charge on any atom is -0.493 e. The Labute approximate surface area is 136 Å². The van der Waals surface area contributed by atoms with E-state index in [0.717, 1.165) is 30.6 Å². The van der Waals surface area contributed by atoms with Crippen molar-refractivity contribution in [3.63, 3.8) is 0 Å². The van der Waals surface area contributed by atoms with Crippen LogP contribution >= 0.6 is 0 Å². The Bertz CT molecular complexity index is 735. The van der Waals surface area contributed by atoms with Crippen molar-refractivity contribution in [3.05, 3.63) is 58.7 Å². The van der Waals surface area contributed by atoms with Crippen LogP contribution in [0.5, 0.6) is 11.5 Å². The lowest BCUT2D eigenvalue weighted by molar-refractivity contribution is 0.353. The molecule has 2 aromatic rings. The molecule has 0 aliphatic carbocycles. The molecule has 1 aliphatic rings. The topological polar surface area (TPSA) is 54.3 Å². The quantitative estimate of drug-likeness (QED) is 0.947. The highest BCUT2D eigenvalue weighted by Gasteiger charge is 2.26. The Balaban J connectivity index is 2.23. The zero-order valence-corrected chi connectivity index (χ0v) is 13.4. The van der Waals surface area contributed by atoms with Crippen molar-refractivity contribution in [2.24, 2.45) is 0 Å². The Morgan fingerprint density at radius 2 is 1.96 bits per heavy atom. The second kappa shape index (κ2) is 6.72. The first-order valence-corrected chi connectivity index (χ1v) is 7.73. The Hall–Kier alpha value is -2.51. The molecule has 23 heavy (non-hydrogen) atoms. The van der Waals surface area contributed by atoms with Crippen LogP contribution in [0.15, 0.2) is 36.4 Å². The third kappa shape index (κ3) is 2.76. The van der Waals surface area contributed by atoms with Crippen LogP contribution < -0.4 is 14.8 Å². The van der Waals surface area contributed by atoms with Gasteiger partial charge in [-0.25, -0.2) is 0 Å². The maximum Gasteiger partial charge on any atom is 0.178 e. The summed E-state index contributed by atoms with van der Waals surface area (Å²) in [5.41, 5.74) is 4.03. The largest absolute Gasteiger partial charge is 0.493 e. The molecule has 1 unspecified atom stereocenters. The molecule has 0 fully saturated rings. The second-order valence-corrected chi connectivity index (χ2v) is 5.58. The Morgan fingerprint density at radius 1 is 1.17 bits per heavy atom. The molecule has 3 rings (SSSR count). The summed E-state index contributed by atoms with van der Waals surface area (Å²) in [5.74, 6) is 1.34. The number of fused-ring (bicyclic) bond motifs is 1. The first-order valence-electron chi connectivity index (χ1n) is 7.73. The van der Waals surface area contributed by atoms with E-state index in [-0.39, 0.29) is 5.92 Å². The molecule has 4 heteroatoms. The van der Waals surface area contributed by atoms with Crippen molar-refractivity contribution in [1.29, 1.82) is 5.26 Å². The fourth-order valence-electron chi connectivity index (χ4n) is 3.30. The van der Waals surface area contributed by atoms with Crippen molar-refractivity contribution in [2.45, 2.75) is 12.3 Å². The summed E-state index contributed by atoms with van der Waals surface area (Å²) in [6.07, 6.45) is 0.807. The number of nitriles is 1. The molecule has 0 spiro atoms. The van der Waals surface area contributed by atoms with Crippen LogP contribution in [0.3, 0.4) is 0 Å². The minimum absolute atomic E-state index is 0.195. The molecule has 118 valence electrons. The predicted molar refractivity (Wildman–Crippen MR) is 89.1 cm³/mol. The van der Waals surface area contributed by atoms with Crippen molar-refractivity contribution in [2.75, 3.05) is 27.3 Å². The fourth-order valence-corrected chi connectivity index (χ4v) is 3.30. The van der Waals surface area contributed by atoms with E-state index in [2.05, 4.69) is 23.5 Å². The smallest absolute Gasteiger partial charge is 0.178 e. The molecule has 2 aromatic carbocycles. The Morgan fingerprint density at radius 3 is 2.61 bits per heavy atom. The minimum atomic E-state index is 0.195. The highest BCUT2D eigenvalue weighted by Crippen LogP contribution is 2.40. The molecular formula is C19H20N2O2. The second-order valence-electron chi connectivity index (χ2n) is 5.58. The van der Waals surface area contributed by atoms with E-state index < -0.39 is 0 Å². The normalized spacial score (nSPS) is 16.8. The first-order chi connectivity index (χ1) is 11.3. The summed E-state index contributed by atoms with van der Waals surface area (Å²) >= 11 is 0. The lowest BCUT2D eigenvalue weighted by Crippen LogP contribution is -2.20. The maximum absolute atomic E-state index is 9.67. The number of hydrogen-bond donors (Lipinski definition) is 1. The van der Waals surface area contributed by atoms with Crippen molar-refractivity contribution < 1.29 is 9.47 Å². The monoisotopic (exact) mass is 308 g/mol. The van der Waals surface area contributed by atoms with E-state index in [4.69, 9.17) is 9.47 Å². The van der Waals surface area contributed by atoms with Crippen LogP contribution in [0.25, 0.3) is 0 Å². The molecule has 0 aromatic heterocycles. The number of rotatable bonds is 3. The van der Waals surface area contributed by atoms with Gasteiger partial charge >= 0.3 is 0 Å². The average molecular weight is 308 g/mol. The van der Waals surface area contributed by atoms with Crippen LogP contribution in [0, 0.1) is 11.3 Å². The third-order valence-corrected chi connectivity index (χ3v) is 4.40. The van der Waals surface area contributed by atoms with E-state index in [0.29, 0.717) is 17.1 Å². The van der Waals surface area contributed by atoms with Gasteiger partial charge in [0, 0.05) is 12.5 Å². The Kier molecular flexibility index (Phi) is 4.50. The van der Waals surface area contributed by atoms with Gasteiger partial charge in [-0.3, -0.25) is 0 Å². The van der Waals surface area contributed by atoms with Gasteiger partial charge in [0.1, 0.15) is 11.6 Å². The highest BCUT2D eigenvalue weighted by molar-refractivity contribution is 5.62. The number of benzene rings is 2. The van der Waals surface area contributed by atoms with Gasteiger partial charge in [0.25, 0.3) is 0 Å². The zero-order chi connectivity index (χ0) is 16.2. The lowest BCUT2D eigenvalue weighted by atomic mass is 9.85. The molecule has 0 saturated heterocycles. The van der Waals surface area contributed by atoms with Crippen LogP contribution in [-0.4, -0.2) is 27.3 Å². The number of ether oxygens (including phenoxy) is 2. The molecule has 1 N–H and O–H groups in total. The fraction of sp³-hybridized carbons (Fsp3) is 0.316. The maximum atomic E-state index is 9.67. The van der Waals surface area contributed by atoms with E-state index >= 15 is 0 Å². The number of nitrogens with zero attached hydrogens (tertiary/aromatic N) is 1. The van der Waals surface area contributed by atoms with Gasteiger partial charge in [-0.05, 0) is 35.7 Å². The van der Waals surface area contributed by atoms with E-state index in [1.807, 2.05) is 24.3 Å². The van der Waals surface area contributed by atoms with Crippen LogP contribution in [0.4, 0.5) is 0 Å². The molecule has 1 heterocycles. The summed E-state index contributed by atoms with van der Waals surface area (Å²) in [7, 11) is 3.19. The van der Waals surface area contributed by atoms with Crippen LogP contribution in [0.2, 0.25) is 0 Å². The van der Waals surface area contributed by atoms with E-state index in [1.54, 1.807) is 14.2 Å². The molecule has 1 aliphatic heterocycles. The van der Waals surface area contributed by atoms with Crippen LogP contribution in [0.1, 0.15) is 28.2 Å². The van der Waals surface area contributed by atoms with Crippen molar-refractivity contribution in [1.82, 2.24) is 5.32 Å². The molecule has 0 bridgehead atoms. The molecular weight excluding hydrogens is 288 g/mol. The van der Waals surface area contributed by atoms with Crippen molar-refractivity contribution >= 4 is 0 Å². The number of nitrogens with one attached hydrogen (secondary N) is 1. The van der Waals surface area contributed by atoms with Crippen LogP contribution in [-0.2, 0) is 6.42 Å². The first kappa shape index (κ1) is 15.4. The van der Waals surface area contributed by atoms with Gasteiger partial charge in [-0.15, -0.1) is 0 Å². The van der Waals surface area contributed by atoms with E-state index in [1.165, 1.54) is 5.56 Å². The van der Waals surface area contributed by atoms with Gasteiger partial charge in [-0.2, -0.15) is 5.26 Å². The summed E-state index contributed by atoms with van der Waals surface area (Å²) in [6, 6.07) is 14.7. The molecule has 0 amide bonds. The van der Waals surface area contributed by atoms with Gasteiger partial charge in [-0.1, -0.05) is 30.3 Å². The highest BCUT2D eigenvalue weighted by atomic mass is 16.5. The summed E-state index contributed by atoms with van der Waals surface area (Å²) in [4.78, 5) is 0. The predicted octanol–water partition coefficient (Wildman–Crippen LogP) is 2.85. The summed E-state index contributed by atoms with van der Waals surface area (Å²) in [5, 5.41) is 13.1. The van der Waals surface area contributed by atoms with Crippen molar-refractivity contribution in [3.8, 4) is 17.6 Å².